The summed E-state index contributed by atoms with van der Waals surface area (Å²) in [6.45, 7) is 4.51. The lowest BCUT2D eigenvalue weighted by Crippen LogP contribution is -2.19. The monoisotopic (exact) mass is 438 g/mol. The fourth-order valence-corrected chi connectivity index (χ4v) is 3.32. The lowest BCUT2D eigenvalue weighted by atomic mass is 10.2. The molecular formula is C19H17Cl3N4S. The maximum Gasteiger partial charge on any atom is 0.175 e. The Kier molecular flexibility index (Phi) is 6.27. The van der Waals surface area contributed by atoms with Crippen molar-refractivity contribution in [1.82, 2.24) is 9.78 Å². The molecule has 0 unspecified atom stereocenters. The summed E-state index contributed by atoms with van der Waals surface area (Å²) in [5.41, 5.74) is 4.58. The zero-order valence-corrected chi connectivity index (χ0v) is 17.8. The zero-order chi connectivity index (χ0) is 19.6. The SMILES string of the molecule is Cc1nn(Cc2ccc(Cl)c(Cl)c2)c(C)c1NC(=S)Nc1ccc(Cl)cc1. The van der Waals surface area contributed by atoms with Gasteiger partial charge in [-0.3, -0.25) is 4.68 Å². The molecule has 0 aliphatic carbocycles. The third kappa shape index (κ3) is 4.93. The van der Waals surface area contributed by atoms with E-state index in [9.17, 15) is 0 Å². The van der Waals surface area contributed by atoms with Crippen LogP contribution in [-0.4, -0.2) is 14.9 Å². The second-order valence-electron chi connectivity index (χ2n) is 6.04. The van der Waals surface area contributed by atoms with E-state index >= 15 is 0 Å². The number of nitrogens with zero attached hydrogens (tertiary/aromatic N) is 2. The van der Waals surface area contributed by atoms with E-state index in [1.807, 2.05) is 42.8 Å². The van der Waals surface area contributed by atoms with Gasteiger partial charge in [-0.05, 0) is 68.0 Å². The molecule has 0 aliphatic rings. The fourth-order valence-electron chi connectivity index (χ4n) is 2.65. The zero-order valence-electron chi connectivity index (χ0n) is 14.7. The molecule has 140 valence electrons. The van der Waals surface area contributed by atoms with Crippen molar-refractivity contribution < 1.29 is 0 Å². The second kappa shape index (κ2) is 8.48. The highest BCUT2D eigenvalue weighted by atomic mass is 35.5. The summed E-state index contributed by atoms with van der Waals surface area (Å²) in [6.07, 6.45) is 0. The Morgan fingerprint density at radius 3 is 2.37 bits per heavy atom. The fraction of sp³-hybridized carbons (Fsp3) is 0.158. The smallest absolute Gasteiger partial charge is 0.175 e. The van der Waals surface area contributed by atoms with Crippen molar-refractivity contribution in [2.45, 2.75) is 20.4 Å². The Hall–Kier alpha value is -1.79. The van der Waals surface area contributed by atoms with Gasteiger partial charge in [0.2, 0.25) is 0 Å². The molecule has 0 saturated carbocycles. The van der Waals surface area contributed by atoms with Gasteiger partial charge in [0.1, 0.15) is 0 Å². The van der Waals surface area contributed by atoms with Crippen molar-refractivity contribution in [2.75, 3.05) is 10.6 Å². The number of aryl methyl sites for hydroxylation is 1. The van der Waals surface area contributed by atoms with Crippen molar-refractivity contribution in [3.05, 3.63) is 74.5 Å². The van der Waals surface area contributed by atoms with Crippen LogP contribution in [0.15, 0.2) is 42.5 Å². The summed E-state index contributed by atoms with van der Waals surface area (Å²) in [5.74, 6) is 0. The lowest BCUT2D eigenvalue weighted by Gasteiger charge is -2.11. The van der Waals surface area contributed by atoms with Crippen molar-refractivity contribution in [3.8, 4) is 0 Å². The van der Waals surface area contributed by atoms with Crippen LogP contribution in [0.3, 0.4) is 0 Å². The number of hydrogen-bond donors (Lipinski definition) is 2. The van der Waals surface area contributed by atoms with Crippen LogP contribution in [0.1, 0.15) is 17.0 Å². The summed E-state index contributed by atoms with van der Waals surface area (Å²) in [4.78, 5) is 0. The van der Waals surface area contributed by atoms with E-state index < -0.39 is 0 Å². The van der Waals surface area contributed by atoms with Gasteiger partial charge in [0.05, 0.1) is 33.7 Å². The van der Waals surface area contributed by atoms with Crippen LogP contribution >= 0.6 is 47.0 Å². The van der Waals surface area contributed by atoms with E-state index in [0.29, 0.717) is 26.7 Å². The van der Waals surface area contributed by atoms with E-state index in [1.165, 1.54) is 0 Å². The first-order chi connectivity index (χ1) is 12.8. The molecule has 1 aromatic heterocycles. The molecule has 3 aromatic rings. The molecule has 8 heteroatoms. The molecule has 1 heterocycles. The third-order valence-electron chi connectivity index (χ3n) is 4.04. The summed E-state index contributed by atoms with van der Waals surface area (Å²) < 4.78 is 1.90. The molecule has 27 heavy (non-hydrogen) atoms. The molecule has 0 radical (unpaired) electrons. The molecule has 0 saturated heterocycles. The lowest BCUT2D eigenvalue weighted by molar-refractivity contribution is 0.659. The Balaban J connectivity index is 1.73. The highest BCUT2D eigenvalue weighted by molar-refractivity contribution is 7.80. The third-order valence-corrected chi connectivity index (χ3v) is 5.23. The quantitative estimate of drug-likeness (QED) is 0.467. The Bertz CT molecular complexity index is 983. The number of benzene rings is 2. The summed E-state index contributed by atoms with van der Waals surface area (Å²) in [5, 5.41) is 13.2. The first-order valence-corrected chi connectivity index (χ1v) is 9.69. The van der Waals surface area contributed by atoms with Gasteiger partial charge in [-0.2, -0.15) is 5.10 Å². The van der Waals surface area contributed by atoms with Gasteiger partial charge in [-0.15, -0.1) is 0 Å². The van der Waals surface area contributed by atoms with Gasteiger partial charge in [0.15, 0.2) is 5.11 Å². The van der Waals surface area contributed by atoms with Gasteiger partial charge >= 0.3 is 0 Å². The van der Waals surface area contributed by atoms with Crippen LogP contribution in [0.4, 0.5) is 11.4 Å². The van der Waals surface area contributed by atoms with Crippen LogP contribution < -0.4 is 10.6 Å². The molecule has 0 aliphatic heterocycles. The van der Waals surface area contributed by atoms with Crippen LogP contribution in [0.5, 0.6) is 0 Å². The molecule has 0 bridgehead atoms. The maximum atomic E-state index is 6.10. The van der Waals surface area contributed by atoms with Crippen LogP contribution in [0.25, 0.3) is 0 Å². The molecule has 3 rings (SSSR count). The largest absolute Gasteiger partial charge is 0.332 e. The van der Waals surface area contributed by atoms with E-state index in [4.69, 9.17) is 47.0 Å². The summed E-state index contributed by atoms with van der Waals surface area (Å²) in [7, 11) is 0. The van der Waals surface area contributed by atoms with E-state index in [0.717, 1.165) is 28.3 Å². The number of aromatic nitrogens is 2. The molecule has 0 atom stereocenters. The van der Waals surface area contributed by atoms with Crippen LogP contribution in [0.2, 0.25) is 15.1 Å². The standard InChI is InChI=1S/C19H17Cl3N4S/c1-11-18(24-19(27)23-15-6-4-14(20)5-7-15)12(2)26(25-11)10-13-3-8-16(21)17(22)9-13/h3-9H,10H2,1-2H3,(H2,23,24,27). The molecular weight excluding hydrogens is 423 g/mol. The number of hydrogen-bond acceptors (Lipinski definition) is 2. The van der Waals surface area contributed by atoms with Gasteiger partial charge in [-0.1, -0.05) is 40.9 Å². The van der Waals surface area contributed by atoms with Gasteiger partial charge in [0, 0.05) is 10.7 Å². The number of rotatable bonds is 4. The number of nitrogens with one attached hydrogen (secondary N) is 2. The Labute approximate surface area is 178 Å². The van der Waals surface area contributed by atoms with E-state index in [1.54, 1.807) is 18.2 Å². The average Bonchev–Trinajstić information content (AvgIpc) is 2.87. The first kappa shape index (κ1) is 20.0. The van der Waals surface area contributed by atoms with Crippen molar-refractivity contribution in [3.63, 3.8) is 0 Å². The molecule has 0 spiro atoms. The highest BCUT2D eigenvalue weighted by Gasteiger charge is 2.13. The van der Waals surface area contributed by atoms with Crippen LogP contribution in [-0.2, 0) is 6.54 Å². The Morgan fingerprint density at radius 2 is 1.70 bits per heavy atom. The minimum absolute atomic E-state index is 0.484. The summed E-state index contributed by atoms with van der Waals surface area (Å²) in [6, 6.07) is 12.9. The minimum atomic E-state index is 0.484. The maximum absolute atomic E-state index is 6.10. The minimum Gasteiger partial charge on any atom is -0.332 e. The Morgan fingerprint density at radius 1 is 1.00 bits per heavy atom. The second-order valence-corrected chi connectivity index (χ2v) is 7.70. The van der Waals surface area contributed by atoms with E-state index in [2.05, 4.69) is 15.7 Å². The summed E-state index contributed by atoms with van der Waals surface area (Å²) >= 11 is 23.4. The molecule has 4 nitrogen and oxygen atoms in total. The van der Waals surface area contributed by atoms with Gasteiger partial charge in [0.25, 0.3) is 0 Å². The first-order valence-electron chi connectivity index (χ1n) is 8.15. The number of thiocarbonyl (C=S) groups is 1. The molecule has 2 N–H and O–H groups in total. The van der Waals surface area contributed by atoms with Crippen molar-refractivity contribution in [2.24, 2.45) is 0 Å². The predicted molar refractivity (Wildman–Crippen MR) is 119 cm³/mol. The van der Waals surface area contributed by atoms with Gasteiger partial charge < -0.3 is 10.6 Å². The molecule has 0 amide bonds. The normalized spacial score (nSPS) is 10.7. The van der Waals surface area contributed by atoms with Crippen LogP contribution in [0, 0.1) is 13.8 Å². The predicted octanol–water partition coefficient (Wildman–Crippen LogP) is 6.32. The number of halogens is 3. The highest BCUT2D eigenvalue weighted by Crippen LogP contribution is 2.25. The van der Waals surface area contributed by atoms with Crippen molar-refractivity contribution in [1.29, 1.82) is 0 Å². The molecule has 2 aromatic carbocycles. The average molecular weight is 440 g/mol. The van der Waals surface area contributed by atoms with E-state index in [-0.39, 0.29) is 0 Å². The topological polar surface area (TPSA) is 41.9 Å². The van der Waals surface area contributed by atoms with Crippen molar-refractivity contribution >= 4 is 63.5 Å². The van der Waals surface area contributed by atoms with Gasteiger partial charge in [-0.25, -0.2) is 0 Å². The number of anilines is 2. The molecule has 0 fully saturated rings.